The van der Waals surface area contributed by atoms with Gasteiger partial charge in [0.1, 0.15) is 116 Å². The number of benzene rings is 6. The number of carbonyl (C=O) groups excluding carboxylic acids is 2. The van der Waals surface area contributed by atoms with E-state index in [9.17, 15) is 84.2 Å². The van der Waals surface area contributed by atoms with Gasteiger partial charge in [-0.25, -0.2) is 92.8 Å². The molecule has 2 amide bonds. The summed E-state index contributed by atoms with van der Waals surface area (Å²) in [6, 6.07) is 33.7. The van der Waals surface area contributed by atoms with Crippen LogP contribution >= 0.6 is 34.3 Å². The number of ether oxygens (including phenoxy) is 2. The number of aromatic nitrogens is 16. The summed E-state index contributed by atoms with van der Waals surface area (Å²) in [6.45, 7) is 10.1. The van der Waals surface area contributed by atoms with Crippen LogP contribution in [0.4, 0.5) is 104 Å². The van der Waals surface area contributed by atoms with Crippen LogP contribution in [0.3, 0.4) is 0 Å². The van der Waals surface area contributed by atoms with Gasteiger partial charge in [0.05, 0.1) is 33.5 Å². The van der Waals surface area contributed by atoms with E-state index in [-0.39, 0.29) is 77.3 Å². The van der Waals surface area contributed by atoms with Crippen LogP contribution < -0.4 is 36.1 Å². The Morgan fingerprint density at radius 1 is 0.450 bits per heavy atom. The van der Waals surface area contributed by atoms with Gasteiger partial charge in [-0.1, -0.05) is 29.8 Å². The summed E-state index contributed by atoms with van der Waals surface area (Å²) < 4.78 is 246. The van der Waals surface area contributed by atoms with Gasteiger partial charge in [-0.15, -0.1) is 22.7 Å². The van der Waals surface area contributed by atoms with Gasteiger partial charge in [0.25, 0.3) is 17.7 Å². The van der Waals surface area contributed by atoms with Gasteiger partial charge in [-0.2, -0.15) is 46.7 Å². The molecule has 1 aliphatic heterocycles. The summed E-state index contributed by atoms with van der Waals surface area (Å²) in [5.41, 5.74) is 3.68. The summed E-state index contributed by atoms with van der Waals surface area (Å²) in [7, 11) is 1.40. The average molecular weight is 2000 g/mol. The van der Waals surface area contributed by atoms with Gasteiger partial charge in [0, 0.05) is 162 Å². The fourth-order valence-corrected chi connectivity index (χ4v) is 15.1. The maximum Gasteiger partial charge on any atom is 0.435 e. The zero-order valence-electron chi connectivity index (χ0n) is 73.6. The van der Waals surface area contributed by atoms with Crippen molar-refractivity contribution in [3.63, 3.8) is 0 Å². The van der Waals surface area contributed by atoms with E-state index in [0.29, 0.717) is 97.9 Å². The second-order valence-corrected chi connectivity index (χ2v) is 32.3. The highest BCUT2D eigenvalue weighted by Crippen LogP contribution is 2.40. The summed E-state index contributed by atoms with van der Waals surface area (Å²) in [6.07, 6.45) is 3.47. The van der Waals surface area contributed by atoms with Gasteiger partial charge < -0.3 is 36.1 Å². The number of nitrogens with zero attached hydrogens (tertiary/aromatic N) is 16. The number of amides is 2. The molecule has 720 valence electrons. The molecule has 5 N–H and O–H groups in total. The number of carbonyl (C=O) groups is 2. The number of halogens is 18. The Morgan fingerprint density at radius 3 is 1.44 bits per heavy atom. The second kappa shape index (κ2) is 44.1. The molecular weight excluding hydrogens is 1920 g/mol. The first kappa shape index (κ1) is 100. The first-order valence-corrected chi connectivity index (χ1v) is 43.8. The number of pyridine rings is 4. The van der Waals surface area contributed by atoms with Crippen molar-refractivity contribution in [2.75, 3.05) is 39.8 Å². The van der Waals surface area contributed by atoms with E-state index in [2.05, 4.69) is 86.9 Å². The van der Waals surface area contributed by atoms with Crippen molar-refractivity contribution in [3.8, 4) is 83.6 Å². The van der Waals surface area contributed by atoms with Crippen molar-refractivity contribution < 1.29 is 93.7 Å². The fourth-order valence-electron chi connectivity index (χ4n) is 13.7. The second-order valence-electron chi connectivity index (χ2n) is 30.1. The van der Waals surface area contributed by atoms with Crippen molar-refractivity contribution in [2.45, 2.75) is 79.7 Å². The molecule has 0 atom stereocenters. The molecule has 0 fully saturated rings. The van der Waals surface area contributed by atoms with E-state index < -0.39 is 111 Å². The Morgan fingerprint density at radius 2 is 0.929 bits per heavy atom. The van der Waals surface area contributed by atoms with Crippen LogP contribution in [0.1, 0.15) is 79.5 Å². The molecule has 140 heavy (non-hydrogen) atoms. The molecular formula is C95H73ClF17N21O4S2. The number of fused-ring (bicyclic) bond motifs is 1. The van der Waals surface area contributed by atoms with Gasteiger partial charge >= 0.3 is 12.4 Å². The molecule has 12 heterocycles. The molecule has 0 aliphatic carbocycles. The lowest BCUT2D eigenvalue weighted by Gasteiger charge is -2.18. The fraction of sp³-hybridized carbons (Fsp3) is 0.158. The standard InChI is InChI=1S/C20H13F3N4OS.C19H12ClF2N3O3.C19H17F5N4.C19H16F2N6S.C18H15F5N4/c1-11-14(10-27(26-11)20-24-7-8-29-20)13-6-5-12(9-17(13)23)25-19(28)18-15(21)3-2-4-16(18)22;20-11-8-14-19(28-7-6-27-14)25-17(11)10-4-5-15(23-9-10)24-18(26)16-12(21)2-1-3-13(16)22;1-3-28-16(8-17(27-28)19(22,23)24)12-4-5-18(25-9-12)26-10-13-14(20)6-11(2)7-15(13)21;1-2-27-17(8-16(26-27)18-22-6-7-28-18)12-9-23-19(24-10-12)25-11-13-14(20)4-3-5-15(13)21;1-10-5-13(19)12(14(20)6-10)9-25-17-4-3-11(8-24-17)15-7-16(18(21,22)23)26-27(15)2/h2-10H,1H3,(H,25,28);1-5,8-9H,6-7H2,(H,23,24,26);4-9H,3,10H2,1-2H3,(H,25,26);3-10H,2,11H2,1H3,(H,23,24,25);3-8H,9H2,1-2H3,(H,24,25). The Bertz CT molecular complexity index is 7170. The predicted molar refractivity (Wildman–Crippen MR) is 490 cm³/mol. The van der Waals surface area contributed by atoms with Crippen LogP contribution in [0.25, 0.3) is 72.0 Å². The average Bonchev–Trinajstić information content (AvgIpc) is 1.63. The molecule has 45 heteroatoms. The number of alkyl halides is 6. The highest BCUT2D eigenvalue weighted by molar-refractivity contribution is 7.13. The van der Waals surface area contributed by atoms with Gasteiger partial charge in [0.15, 0.2) is 17.1 Å². The van der Waals surface area contributed by atoms with Crippen LogP contribution in [-0.2, 0) is 52.1 Å². The van der Waals surface area contributed by atoms with E-state index in [1.807, 2.05) is 28.4 Å². The third-order valence-corrected chi connectivity index (χ3v) is 22.3. The summed E-state index contributed by atoms with van der Waals surface area (Å²) in [4.78, 5) is 57.9. The van der Waals surface area contributed by atoms with E-state index in [4.69, 9.17) is 21.1 Å². The first-order valence-electron chi connectivity index (χ1n) is 41.7. The lowest BCUT2D eigenvalue weighted by molar-refractivity contribution is -0.142. The van der Waals surface area contributed by atoms with Crippen LogP contribution in [0, 0.1) is 84.8 Å². The Hall–Kier alpha value is -15.9. The minimum atomic E-state index is -4.54. The molecule has 1 aliphatic rings. The maximum absolute atomic E-state index is 14.7. The number of rotatable bonds is 22. The van der Waals surface area contributed by atoms with E-state index in [1.54, 1.807) is 87.6 Å². The van der Waals surface area contributed by atoms with Crippen molar-refractivity contribution in [2.24, 2.45) is 7.05 Å². The number of anilines is 5. The number of hydrogen-bond donors (Lipinski definition) is 5. The lowest BCUT2D eigenvalue weighted by Crippen LogP contribution is -2.17. The van der Waals surface area contributed by atoms with Crippen molar-refractivity contribution >= 4 is 75.2 Å². The Kier molecular flexibility index (Phi) is 31.5. The molecule has 0 bridgehead atoms. The molecule has 0 saturated heterocycles. The van der Waals surface area contributed by atoms with E-state index >= 15 is 0 Å². The third kappa shape index (κ3) is 24.4. The normalized spacial score (nSPS) is 11.5. The first-order chi connectivity index (χ1) is 66.9. The monoisotopic (exact) mass is 1990 g/mol. The minimum Gasteiger partial charge on any atom is -0.484 e. The number of thiazole rings is 2. The molecule has 17 aromatic rings. The molecule has 6 aromatic carbocycles. The third-order valence-electron chi connectivity index (χ3n) is 20.5. The highest BCUT2D eigenvalue weighted by Gasteiger charge is 2.37. The topological polar surface area (TPSA) is 287 Å². The molecule has 0 unspecified atom stereocenters. The van der Waals surface area contributed by atoms with Crippen LogP contribution in [0.5, 0.6) is 11.6 Å². The van der Waals surface area contributed by atoms with E-state index in [0.717, 1.165) is 75.2 Å². The summed E-state index contributed by atoms with van der Waals surface area (Å²) >= 11 is 9.17. The smallest absolute Gasteiger partial charge is 0.435 e. The number of aryl methyl sites for hydroxylation is 6. The van der Waals surface area contributed by atoms with Crippen molar-refractivity contribution in [1.29, 1.82) is 0 Å². The zero-order chi connectivity index (χ0) is 100.0. The lowest BCUT2D eigenvalue weighted by atomic mass is 10.1. The van der Waals surface area contributed by atoms with Crippen LogP contribution in [0.2, 0.25) is 5.02 Å². The molecule has 18 rings (SSSR count). The Labute approximate surface area is 796 Å². The number of nitrogens with one attached hydrogen (secondary N) is 5. The van der Waals surface area contributed by atoms with Gasteiger partial charge in [-0.05, 0) is 179 Å². The summed E-state index contributed by atoms with van der Waals surface area (Å²) in [5.74, 6) is -8.45. The molecule has 0 radical (unpaired) electrons. The molecule has 11 aromatic heterocycles. The minimum absolute atomic E-state index is 0.0427. The quantitative estimate of drug-likeness (QED) is 0.0394. The van der Waals surface area contributed by atoms with Crippen molar-refractivity contribution in [3.05, 3.63) is 343 Å². The molecule has 0 saturated carbocycles. The summed E-state index contributed by atoms with van der Waals surface area (Å²) in [5, 5.41) is 34.6. The van der Waals surface area contributed by atoms with Crippen molar-refractivity contribution in [1.82, 2.24) is 79.0 Å². The maximum atomic E-state index is 14.7. The van der Waals surface area contributed by atoms with Crippen LogP contribution in [-0.4, -0.2) is 104 Å². The largest absolute Gasteiger partial charge is 0.484 e. The highest BCUT2D eigenvalue weighted by atomic mass is 35.5. The Balaban J connectivity index is 0.000000139. The molecule has 0 spiro atoms. The zero-order valence-corrected chi connectivity index (χ0v) is 76.0. The van der Waals surface area contributed by atoms with Gasteiger partial charge in [-0.3, -0.25) is 23.6 Å². The molecule has 25 nitrogen and oxygen atoms in total. The van der Waals surface area contributed by atoms with E-state index in [1.165, 1.54) is 132 Å². The number of hydrogen-bond acceptors (Lipinski definition) is 21. The predicted octanol–water partition coefficient (Wildman–Crippen LogP) is 23.3. The SMILES string of the molecule is CCn1nc(-c2nccs2)cc1-c1cnc(NCc2c(F)cccc2F)nc1.CCn1nc(C(F)(F)F)cc1-c1ccc(NCc2c(F)cc(C)cc2F)nc1.Cc1cc(F)c(CNc2ccc(-c3cc(C(F)(F)F)nn3C)cn2)c(F)c1.Cc1nn(-c2nccs2)cc1-c1ccc(NC(=O)c2c(F)cccc2F)cc1F.O=C(Nc1ccc(-c2nc3c(cc2Cl)OCCO3)cn1)c1c(F)cccc1F. The van der Waals surface area contributed by atoms with Crippen LogP contribution in [0.15, 0.2) is 218 Å². The van der Waals surface area contributed by atoms with Gasteiger partial charge in [0.2, 0.25) is 11.1 Å².